The molecule has 1 atom stereocenters. The molecule has 0 radical (unpaired) electrons. The van der Waals surface area contributed by atoms with Gasteiger partial charge >= 0.3 is 0 Å². The molecule has 4 rings (SSSR count). The van der Waals surface area contributed by atoms with Crippen LogP contribution in [0.2, 0.25) is 0 Å². The standard InChI is InChI=1S/C19H19N3O2/c1-14-18(22-10-6-5-9-17(22)20-14)19(23)21-11-12-24-16(13-21)15-7-3-2-4-8-15/h2-10,16H,11-13H2,1H3. The molecule has 0 spiro atoms. The number of carbonyl (C=O) groups excluding carboxylic acids is 1. The minimum Gasteiger partial charge on any atom is -0.370 e. The molecule has 122 valence electrons. The van der Waals surface area contributed by atoms with E-state index >= 15 is 0 Å². The highest BCUT2D eigenvalue weighted by Gasteiger charge is 2.28. The van der Waals surface area contributed by atoms with Crippen molar-refractivity contribution in [1.82, 2.24) is 14.3 Å². The zero-order valence-electron chi connectivity index (χ0n) is 13.6. The normalized spacial score (nSPS) is 18.0. The number of imidazole rings is 1. The van der Waals surface area contributed by atoms with Gasteiger partial charge in [-0.3, -0.25) is 9.20 Å². The second-order valence-electron chi connectivity index (χ2n) is 6.00. The van der Waals surface area contributed by atoms with Crippen LogP contribution >= 0.6 is 0 Å². The molecule has 1 saturated heterocycles. The lowest BCUT2D eigenvalue weighted by Gasteiger charge is -2.33. The van der Waals surface area contributed by atoms with Crippen molar-refractivity contribution in [2.75, 3.05) is 19.7 Å². The predicted molar refractivity (Wildman–Crippen MR) is 91.0 cm³/mol. The Bertz CT molecular complexity index is 873. The number of aromatic nitrogens is 2. The maximum Gasteiger partial charge on any atom is 0.272 e. The highest BCUT2D eigenvalue weighted by molar-refractivity contribution is 5.94. The van der Waals surface area contributed by atoms with Crippen LogP contribution in [-0.4, -0.2) is 39.9 Å². The Kier molecular flexibility index (Phi) is 3.78. The molecule has 2 aromatic heterocycles. The van der Waals surface area contributed by atoms with Crippen molar-refractivity contribution in [3.63, 3.8) is 0 Å². The van der Waals surface area contributed by atoms with Crippen molar-refractivity contribution in [1.29, 1.82) is 0 Å². The first-order chi connectivity index (χ1) is 11.7. The molecule has 1 amide bonds. The van der Waals surface area contributed by atoms with Gasteiger partial charge in [-0.25, -0.2) is 4.98 Å². The third kappa shape index (κ3) is 2.57. The van der Waals surface area contributed by atoms with Crippen LogP contribution in [-0.2, 0) is 4.74 Å². The van der Waals surface area contributed by atoms with E-state index in [2.05, 4.69) is 4.98 Å². The SMILES string of the molecule is Cc1nc2ccccn2c1C(=O)N1CCOC(c2ccccc2)C1. The van der Waals surface area contributed by atoms with Gasteiger partial charge < -0.3 is 9.64 Å². The van der Waals surface area contributed by atoms with Crippen LogP contribution < -0.4 is 0 Å². The van der Waals surface area contributed by atoms with E-state index in [-0.39, 0.29) is 12.0 Å². The molecule has 0 aliphatic carbocycles. The summed E-state index contributed by atoms with van der Waals surface area (Å²) < 4.78 is 7.73. The highest BCUT2D eigenvalue weighted by Crippen LogP contribution is 2.24. The van der Waals surface area contributed by atoms with Crippen molar-refractivity contribution >= 4 is 11.6 Å². The molecular weight excluding hydrogens is 302 g/mol. The number of aryl methyl sites for hydroxylation is 1. The molecule has 5 nitrogen and oxygen atoms in total. The molecule has 24 heavy (non-hydrogen) atoms. The van der Waals surface area contributed by atoms with Crippen molar-refractivity contribution in [2.24, 2.45) is 0 Å². The number of hydrogen-bond acceptors (Lipinski definition) is 3. The number of pyridine rings is 1. The number of nitrogens with zero attached hydrogens (tertiary/aromatic N) is 3. The molecule has 1 aliphatic rings. The van der Waals surface area contributed by atoms with Gasteiger partial charge in [-0.05, 0) is 24.6 Å². The fourth-order valence-electron chi connectivity index (χ4n) is 3.22. The number of benzene rings is 1. The third-order valence-electron chi connectivity index (χ3n) is 4.43. The molecule has 3 aromatic rings. The Balaban J connectivity index is 1.63. The van der Waals surface area contributed by atoms with Gasteiger partial charge in [-0.15, -0.1) is 0 Å². The van der Waals surface area contributed by atoms with E-state index in [0.29, 0.717) is 25.4 Å². The van der Waals surface area contributed by atoms with Crippen LogP contribution in [0.25, 0.3) is 5.65 Å². The third-order valence-corrected chi connectivity index (χ3v) is 4.43. The minimum atomic E-state index is -0.0802. The monoisotopic (exact) mass is 321 g/mol. The van der Waals surface area contributed by atoms with Gasteiger partial charge in [0.2, 0.25) is 0 Å². The topological polar surface area (TPSA) is 46.8 Å². The largest absolute Gasteiger partial charge is 0.370 e. The Hall–Kier alpha value is -2.66. The van der Waals surface area contributed by atoms with Crippen molar-refractivity contribution in [3.05, 3.63) is 71.7 Å². The maximum atomic E-state index is 13.1. The minimum absolute atomic E-state index is 0.00966. The molecule has 0 N–H and O–H groups in total. The van der Waals surface area contributed by atoms with Crippen LogP contribution in [0.3, 0.4) is 0 Å². The number of fused-ring (bicyclic) bond motifs is 1. The first kappa shape index (κ1) is 14.9. The molecule has 1 fully saturated rings. The number of carbonyl (C=O) groups is 1. The molecule has 1 aliphatic heterocycles. The molecule has 0 saturated carbocycles. The Morgan fingerprint density at radius 3 is 2.79 bits per heavy atom. The molecule has 1 unspecified atom stereocenters. The highest BCUT2D eigenvalue weighted by atomic mass is 16.5. The summed E-state index contributed by atoms with van der Waals surface area (Å²) >= 11 is 0. The summed E-state index contributed by atoms with van der Waals surface area (Å²) in [6.07, 6.45) is 1.81. The summed E-state index contributed by atoms with van der Waals surface area (Å²) in [5, 5.41) is 0. The summed E-state index contributed by atoms with van der Waals surface area (Å²) in [5.74, 6) is 0.00966. The van der Waals surface area contributed by atoms with Crippen molar-refractivity contribution in [3.8, 4) is 0 Å². The van der Waals surface area contributed by atoms with Crippen molar-refractivity contribution < 1.29 is 9.53 Å². The van der Waals surface area contributed by atoms with Gasteiger partial charge in [-0.2, -0.15) is 0 Å². The average molecular weight is 321 g/mol. The van der Waals surface area contributed by atoms with E-state index in [4.69, 9.17) is 4.74 Å². The first-order valence-electron chi connectivity index (χ1n) is 8.13. The average Bonchev–Trinajstić information content (AvgIpc) is 2.97. The second-order valence-corrected chi connectivity index (χ2v) is 6.00. The van der Waals surface area contributed by atoms with E-state index in [1.54, 1.807) is 0 Å². The number of amides is 1. The fourth-order valence-corrected chi connectivity index (χ4v) is 3.22. The van der Waals surface area contributed by atoms with Crippen molar-refractivity contribution in [2.45, 2.75) is 13.0 Å². The molecular formula is C19H19N3O2. The molecule has 5 heteroatoms. The first-order valence-corrected chi connectivity index (χ1v) is 8.13. The fraction of sp³-hybridized carbons (Fsp3) is 0.263. The lowest BCUT2D eigenvalue weighted by atomic mass is 10.1. The van der Waals surface area contributed by atoms with E-state index in [1.165, 1.54) is 0 Å². The summed E-state index contributed by atoms with van der Waals surface area (Å²) in [6, 6.07) is 15.8. The lowest BCUT2D eigenvalue weighted by Crippen LogP contribution is -2.42. The number of rotatable bonds is 2. The van der Waals surface area contributed by atoms with Crippen LogP contribution in [0.4, 0.5) is 0 Å². The van der Waals surface area contributed by atoms with E-state index < -0.39 is 0 Å². The number of hydrogen-bond donors (Lipinski definition) is 0. The number of morpholine rings is 1. The second kappa shape index (κ2) is 6.09. The van der Waals surface area contributed by atoms with Gasteiger partial charge in [0.1, 0.15) is 17.4 Å². The van der Waals surface area contributed by atoms with E-state index in [9.17, 15) is 4.79 Å². The van der Waals surface area contributed by atoms with Gasteiger partial charge in [0.05, 0.1) is 18.8 Å². The van der Waals surface area contributed by atoms with Crippen LogP contribution in [0.15, 0.2) is 54.7 Å². The van der Waals surface area contributed by atoms with Crippen LogP contribution in [0.5, 0.6) is 0 Å². The Morgan fingerprint density at radius 2 is 1.96 bits per heavy atom. The van der Waals surface area contributed by atoms with E-state index in [0.717, 1.165) is 16.9 Å². The van der Waals surface area contributed by atoms with Gasteiger partial charge in [0, 0.05) is 12.7 Å². The maximum absolute atomic E-state index is 13.1. The summed E-state index contributed by atoms with van der Waals surface area (Å²) in [5.41, 5.74) is 3.30. The zero-order chi connectivity index (χ0) is 16.5. The quantitative estimate of drug-likeness (QED) is 0.729. The van der Waals surface area contributed by atoms with E-state index in [1.807, 2.05) is 71.0 Å². The lowest BCUT2D eigenvalue weighted by molar-refractivity contribution is -0.0230. The Labute approximate surface area is 140 Å². The van der Waals surface area contributed by atoms with Gasteiger partial charge in [-0.1, -0.05) is 36.4 Å². The zero-order valence-corrected chi connectivity index (χ0v) is 13.6. The van der Waals surface area contributed by atoms with Gasteiger partial charge in [0.25, 0.3) is 5.91 Å². The summed E-state index contributed by atoms with van der Waals surface area (Å²) in [6.45, 7) is 3.58. The number of ether oxygens (including phenoxy) is 1. The molecule has 3 heterocycles. The predicted octanol–water partition coefficient (Wildman–Crippen LogP) is 2.86. The molecule has 1 aromatic carbocycles. The smallest absolute Gasteiger partial charge is 0.272 e. The summed E-state index contributed by atoms with van der Waals surface area (Å²) in [7, 11) is 0. The Morgan fingerprint density at radius 1 is 1.17 bits per heavy atom. The molecule has 0 bridgehead atoms. The van der Waals surface area contributed by atoms with Crippen LogP contribution in [0, 0.1) is 6.92 Å². The van der Waals surface area contributed by atoms with Gasteiger partial charge in [0.15, 0.2) is 0 Å². The van der Waals surface area contributed by atoms with Crippen LogP contribution in [0.1, 0.15) is 27.8 Å². The summed E-state index contributed by atoms with van der Waals surface area (Å²) in [4.78, 5) is 19.4.